The van der Waals surface area contributed by atoms with Crippen molar-refractivity contribution in [3.8, 4) is 0 Å². The van der Waals surface area contributed by atoms with Gasteiger partial charge in [-0.2, -0.15) is 4.90 Å². The summed E-state index contributed by atoms with van der Waals surface area (Å²) in [7, 11) is -2.49. The summed E-state index contributed by atoms with van der Waals surface area (Å²) in [6.45, 7) is 0. The Bertz CT molecular complexity index is 885. The van der Waals surface area contributed by atoms with Crippen LogP contribution in [0.2, 0.25) is 5.02 Å². The molecule has 0 aliphatic rings. The number of halogens is 1. The first-order valence-electron chi connectivity index (χ1n) is 6.67. The van der Waals surface area contributed by atoms with E-state index in [0.717, 1.165) is 0 Å². The summed E-state index contributed by atoms with van der Waals surface area (Å²) in [6.07, 6.45) is 0. The SMILES string of the molecule is CN=S(=O)(C(C(=O)Nc1ccc(Cl)cc1)=[N+]([O-])[O-])c1ccccc1. The molecule has 1 unspecified atom stereocenters. The Kier molecular flexibility index (Phi) is 5.42. The molecule has 1 N–H and O–H groups in total. The van der Waals surface area contributed by atoms with E-state index in [4.69, 9.17) is 11.6 Å². The summed E-state index contributed by atoms with van der Waals surface area (Å²) in [5.41, 5.74) is 0.287. The fourth-order valence-electron chi connectivity index (χ4n) is 1.94. The van der Waals surface area contributed by atoms with E-state index < -0.39 is 25.6 Å². The molecule has 0 radical (unpaired) electrons. The van der Waals surface area contributed by atoms with Gasteiger partial charge < -0.3 is 15.7 Å². The van der Waals surface area contributed by atoms with Gasteiger partial charge in [0.2, 0.25) is 0 Å². The van der Waals surface area contributed by atoms with Gasteiger partial charge in [-0.15, -0.1) is 0 Å². The van der Waals surface area contributed by atoms with Gasteiger partial charge >= 0.3 is 11.0 Å². The first kappa shape index (κ1) is 17.8. The molecule has 9 heteroatoms. The number of amides is 1. The Balaban J connectivity index is 2.46. The molecular weight excluding hydrogens is 354 g/mol. The van der Waals surface area contributed by atoms with Crippen molar-refractivity contribution >= 4 is 38.0 Å². The minimum absolute atomic E-state index is 0.0884. The number of benzene rings is 2. The van der Waals surface area contributed by atoms with Crippen LogP contribution in [-0.2, 0) is 14.5 Å². The summed E-state index contributed by atoms with van der Waals surface area (Å²) in [4.78, 5) is 11.5. The minimum Gasteiger partial charge on any atom is -0.611 e. The van der Waals surface area contributed by atoms with E-state index >= 15 is 0 Å². The predicted molar refractivity (Wildman–Crippen MR) is 93.3 cm³/mol. The average Bonchev–Trinajstić information content (AvgIpc) is 2.57. The lowest BCUT2D eigenvalue weighted by Crippen LogP contribution is -2.35. The molecule has 2 rings (SSSR count). The van der Waals surface area contributed by atoms with E-state index in [1.807, 2.05) is 0 Å². The first-order valence-corrected chi connectivity index (χ1v) is 8.56. The smallest absolute Gasteiger partial charge is 0.366 e. The van der Waals surface area contributed by atoms with Crippen molar-refractivity contribution < 1.29 is 13.9 Å². The molecule has 1 atom stereocenters. The van der Waals surface area contributed by atoms with Gasteiger partial charge in [0.1, 0.15) is 0 Å². The van der Waals surface area contributed by atoms with Gasteiger partial charge in [0.05, 0.1) is 4.90 Å². The average molecular weight is 367 g/mol. The predicted octanol–water partition coefficient (Wildman–Crippen LogP) is 2.84. The van der Waals surface area contributed by atoms with E-state index in [9.17, 15) is 19.4 Å². The van der Waals surface area contributed by atoms with Crippen LogP contribution in [0.4, 0.5) is 5.69 Å². The van der Waals surface area contributed by atoms with Gasteiger partial charge in [0.15, 0.2) is 9.73 Å². The van der Waals surface area contributed by atoms with Crippen LogP contribution in [-0.4, -0.2) is 27.1 Å². The van der Waals surface area contributed by atoms with Gasteiger partial charge in [-0.05, 0) is 36.4 Å². The Morgan fingerprint density at radius 3 is 2.21 bits per heavy atom. The lowest BCUT2D eigenvalue weighted by molar-refractivity contribution is -0.375. The standard InChI is InChI=1S/C15H13ClN3O4S/c1-17-24(23,13-5-3-2-4-6-13)15(19(21)22)14(20)18-12-9-7-11(16)8-10-12/h2-10H,1H3,(H-,17,18,20,21,22,23)/q-1. The van der Waals surface area contributed by atoms with Crippen molar-refractivity contribution in [2.24, 2.45) is 4.36 Å². The molecule has 0 aliphatic carbocycles. The molecule has 0 saturated heterocycles. The van der Waals surface area contributed by atoms with Crippen LogP contribution in [0.15, 0.2) is 63.9 Å². The Morgan fingerprint density at radius 1 is 1.12 bits per heavy atom. The number of anilines is 1. The fraction of sp³-hybridized carbons (Fsp3) is 0.0667. The third kappa shape index (κ3) is 3.66. The molecule has 0 bridgehead atoms. The normalized spacial score (nSPS) is 12.8. The van der Waals surface area contributed by atoms with Crippen molar-refractivity contribution in [1.82, 2.24) is 0 Å². The molecule has 126 valence electrons. The molecule has 2 aromatic rings. The minimum atomic E-state index is -3.67. The third-order valence-electron chi connectivity index (χ3n) is 3.04. The molecule has 0 aromatic heterocycles. The lowest BCUT2D eigenvalue weighted by Gasteiger charge is -2.14. The highest BCUT2D eigenvalue weighted by atomic mass is 35.5. The maximum absolute atomic E-state index is 13.1. The largest absolute Gasteiger partial charge is 0.611 e. The number of hydrogen-bond acceptors (Lipinski definition) is 5. The van der Waals surface area contributed by atoms with Crippen LogP contribution in [0.25, 0.3) is 0 Å². The van der Waals surface area contributed by atoms with E-state index in [-0.39, 0.29) is 10.6 Å². The van der Waals surface area contributed by atoms with E-state index in [1.54, 1.807) is 18.2 Å². The van der Waals surface area contributed by atoms with Crippen molar-refractivity contribution in [3.05, 3.63) is 70.0 Å². The van der Waals surface area contributed by atoms with Crippen LogP contribution < -0.4 is 5.32 Å². The second kappa shape index (κ2) is 7.33. The maximum atomic E-state index is 13.1. The van der Waals surface area contributed by atoms with E-state index in [2.05, 4.69) is 9.68 Å². The van der Waals surface area contributed by atoms with Crippen LogP contribution in [0.1, 0.15) is 0 Å². The molecule has 2 aromatic carbocycles. The van der Waals surface area contributed by atoms with Crippen molar-refractivity contribution in [3.63, 3.8) is 0 Å². The number of nitrogens with one attached hydrogen (secondary N) is 1. The molecular formula is C15H13ClN3O4S-. The molecule has 0 saturated carbocycles. The number of carbonyl (C=O) groups excluding carboxylic acids is 1. The van der Waals surface area contributed by atoms with Gasteiger partial charge in [-0.25, -0.2) is 8.57 Å². The van der Waals surface area contributed by atoms with Crippen molar-refractivity contribution in [1.29, 1.82) is 0 Å². The molecule has 0 aliphatic heterocycles. The molecule has 7 nitrogen and oxygen atoms in total. The molecule has 24 heavy (non-hydrogen) atoms. The van der Waals surface area contributed by atoms with Gasteiger partial charge in [0, 0.05) is 17.8 Å². The summed E-state index contributed by atoms with van der Waals surface area (Å²) in [5, 5.41) is 24.6. The number of nitrogens with zero attached hydrogens (tertiary/aromatic N) is 2. The van der Waals surface area contributed by atoms with Gasteiger partial charge in [0.25, 0.3) is 0 Å². The molecule has 0 fully saturated rings. The Hall–Kier alpha value is -2.58. The van der Waals surface area contributed by atoms with Gasteiger partial charge in [-0.1, -0.05) is 29.8 Å². The number of carbonyl (C=O) groups is 1. The van der Waals surface area contributed by atoms with Crippen LogP contribution in [0, 0.1) is 10.4 Å². The fourth-order valence-corrected chi connectivity index (χ4v) is 3.70. The maximum Gasteiger partial charge on any atom is 0.366 e. The Labute approximate surface area is 143 Å². The highest BCUT2D eigenvalue weighted by molar-refractivity contribution is 8.10. The molecule has 0 spiro atoms. The quantitative estimate of drug-likeness (QED) is 0.381. The topological polar surface area (TPSA) is 108 Å². The number of hydrogen-bond donors (Lipinski definition) is 1. The summed E-state index contributed by atoms with van der Waals surface area (Å²) in [6, 6.07) is 13.6. The zero-order chi connectivity index (χ0) is 17.7. The van der Waals surface area contributed by atoms with Crippen LogP contribution in [0.5, 0.6) is 0 Å². The van der Waals surface area contributed by atoms with Crippen LogP contribution in [0.3, 0.4) is 0 Å². The second-order valence-corrected chi connectivity index (χ2v) is 7.26. The highest BCUT2D eigenvalue weighted by Crippen LogP contribution is 2.18. The van der Waals surface area contributed by atoms with E-state index in [0.29, 0.717) is 5.02 Å². The number of rotatable bonds is 2. The summed E-state index contributed by atoms with van der Waals surface area (Å²) < 4.78 is 16.7. The summed E-state index contributed by atoms with van der Waals surface area (Å²) >= 11 is 5.75. The second-order valence-electron chi connectivity index (χ2n) is 4.54. The lowest BCUT2D eigenvalue weighted by atomic mass is 10.3. The summed E-state index contributed by atoms with van der Waals surface area (Å²) in [5.74, 6) is -1.10. The van der Waals surface area contributed by atoms with E-state index in [1.165, 1.54) is 43.4 Å². The highest BCUT2D eigenvalue weighted by Gasteiger charge is 2.33. The zero-order valence-electron chi connectivity index (χ0n) is 12.5. The first-order chi connectivity index (χ1) is 11.4. The monoisotopic (exact) mass is 366 g/mol. The van der Waals surface area contributed by atoms with Crippen molar-refractivity contribution in [2.75, 3.05) is 12.4 Å². The van der Waals surface area contributed by atoms with Crippen molar-refractivity contribution in [2.45, 2.75) is 4.90 Å². The Morgan fingerprint density at radius 2 is 1.71 bits per heavy atom. The molecule has 0 heterocycles. The van der Waals surface area contributed by atoms with Gasteiger partial charge in [-0.3, -0.25) is 4.79 Å². The zero-order valence-corrected chi connectivity index (χ0v) is 14.1. The molecule has 1 amide bonds. The van der Waals surface area contributed by atoms with Crippen LogP contribution >= 0.6 is 11.6 Å². The third-order valence-corrected chi connectivity index (χ3v) is 5.58.